The molecule has 1 saturated heterocycles. The van der Waals surface area contributed by atoms with Crippen LogP contribution in [0.4, 0.5) is 13.6 Å². The molecular formula is C17H20ClF2NO3Se. The van der Waals surface area contributed by atoms with Gasteiger partial charge < -0.3 is 0 Å². The first kappa shape index (κ1) is 20.1. The molecule has 0 aliphatic carbocycles. The monoisotopic (exact) mass is 439 g/mol. The van der Waals surface area contributed by atoms with Crippen LogP contribution < -0.4 is 4.46 Å². The Bertz CT molecular complexity index is 631. The van der Waals surface area contributed by atoms with E-state index in [9.17, 15) is 18.4 Å². The van der Waals surface area contributed by atoms with Gasteiger partial charge in [0.05, 0.1) is 0 Å². The van der Waals surface area contributed by atoms with Crippen LogP contribution >= 0.6 is 11.6 Å². The van der Waals surface area contributed by atoms with Crippen molar-refractivity contribution in [1.82, 2.24) is 4.90 Å². The number of alkyl halides is 3. The molecule has 1 aromatic carbocycles. The molecule has 1 fully saturated rings. The zero-order valence-electron chi connectivity index (χ0n) is 14.2. The van der Waals surface area contributed by atoms with Gasteiger partial charge in [-0.25, -0.2) is 0 Å². The number of hydrogen-bond acceptors (Lipinski definition) is 3. The standard InChI is InChI=1S/C17H20ClF2NO3Se/c1-16(2,3)24-15(23)21-10-11(9-17(18,19)20)13(14(21)22)25-12-7-5-4-6-8-12/h4-8,11,13H,9-10H2,1-3H3. The van der Waals surface area contributed by atoms with E-state index in [2.05, 4.69) is 0 Å². The number of hydrogen-bond donors (Lipinski definition) is 0. The number of carbonyl (C=O) groups is 2. The number of benzene rings is 1. The predicted molar refractivity (Wildman–Crippen MR) is 92.4 cm³/mol. The molecule has 0 spiro atoms. The minimum absolute atomic E-state index is 0.102. The summed E-state index contributed by atoms with van der Waals surface area (Å²) in [6, 6.07) is 9.19. The van der Waals surface area contributed by atoms with E-state index < -0.39 is 40.1 Å². The third-order valence-electron chi connectivity index (χ3n) is 3.47. The summed E-state index contributed by atoms with van der Waals surface area (Å²) in [5, 5.41) is -3.42. The molecule has 0 bridgehead atoms. The molecule has 0 saturated carbocycles. The summed E-state index contributed by atoms with van der Waals surface area (Å²) in [7, 11) is 0. The number of nitrogens with zero attached hydrogens (tertiary/aromatic N) is 1. The fourth-order valence-electron chi connectivity index (χ4n) is 2.52. The van der Waals surface area contributed by atoms with Gasteiger partial charge in [-0.3, -0.25) is 0 Å². The summed E-state index contributed by atoms with van der Waals surface area (Å²) in [5.74, 6) is -1.17. The number of halogens is 3. The van der Waals surface area contributed by atoms with Crippen LogP contribution in [0.25, 0.3) is 0 Å². The maximum absolute atomic E-state index is 13.3. The van der Waals surface area contributed by atoms with E-state index in [-0.39, 0.29) is 21.5 Å². The van der Waals surface area contributed by atoms with Crippen molar-refractivity contribution in [3.8, 4) is 0 Å². The van der Waals surface area contributed by atoms with Crippen LogP contribution in [0.15, 0.2) is 30.3 Å². The number of carbonyl (C=O) groups excluding carboxylic acids is 2. The second-order valence-electron chi connectivity index (χ2n) is 6.86. The van der Waals surface area contributed by atoms with Crippen LogP contribution in [0.2, 0.25) is 4.82 Å². The molecule has 1 aromatic rings. The Labute approximate surface area is 157 Å². The van der Waals surface area contributed by atoms with Crippen LogP contribution in [0, 0.1) is 5.92 Å². The van der Waals surface area contributed by atoms with Crippen molar-refractivity contribution < 1.29 is 23.1 Å². The molecule has 0 aromatic heterocycles. The normalized spacial score (nSPS) is 21.5. The van der Waals surface area contributed by atoms with E-state index in [0.29, 0.717) is 0 Å². The van der Waals surface area contributed by atoms with E-state index in [0.717, 1.165) is 9.36 Å². The molecule has 1 heterocycles. The molecule has 138 valence electrons. The van der Waals surface area contributed by atoms with Gasteiger partial charge in [-0.1, -0.05) is 0 Å². The summed E-state index contributed by atoms with van der Waals surface area (Å²) in [5.41, 5.74) is -0.772. The Kier molecular flexibility index (Phi) is 6.13. The van der Waals surface area contributed by atoms with Gasteiger partial charge in [-0.05, 0) is 0 Å². The van der Waals surface area contributed by atoms with Gasteiger partial charge in [-0.15, -0.1) is 0 Å². The first-order valence-electron chi connectivity index (χ1n) is 7.79. The van der Waals surface area contributed by atoms with E-state index in [1.165, 1.54) is 0 Å². The van der Waals surface area contributed by atoms with Gasteiger partial charge in [0.1, 0.15) is 0 Å². The SMILES string of the molecule is CC(C)(C)OC(=O)N1CC(CC(F)(F)Cl)C([Se]c2ccccc2)C1=O. The summed E-state index contributed by atoms with van der Waals surface area (Å²) >= 11 is 4.70. The van der Waals surface area contributed by atoms with Crippen molar-refractivity contribution in [3.63, 3.8) is 0 Å². The van der Waals surface area contributed by atoms with E-state index in [4.69, 9.17) is 16.3 Å². The zero-order chi connectivity index (χ0) is 18.8. The Balaban J connectivity index is 2.20. The Morgan fingerprint density at radius 1 is 1.32 bits per heavy atom. The molecule has 0 N–H and O–H groups in total. The number of imide groups is 1. The van der Waals surface area contributed by atoms with Crippen LogP contribution in [-0.2, 0) is 9.53 Å². The van der Waals surface area contributed by atoms with Gasteiger partial charge in [0.25, 0.3) is 0 Å². The van der Waals surface area contributed by atoms with Crippen molar-refractivity contribution >= 4 is 43.0 Å². The average molecular weight is 439 g/mol. The average Bonchev–Trinajstić information content (AvgIpc) is 2.74. The van der Waals surface area contributed by atoms with Gasteiger partial charge in [-0.2, -0.15) is 0 Å². The number of likely N-dealkylation sites (tertiary alicyclic amines) is 1. The van der Waals surface area contributed by atoms with Crippen molar-refractivity contribution in [2.75, 3.05) is 6.54 Å². The minimum atomic E-state index is -3.42. The summed E-state index contributed by atoms with van der Waals surface area (Å²) < 4.78 is 32.8. The van der Waals surface area contributed by atoms with Crippen LogP contribution in [0.1, 0.15) is 27.2 Å². The molecule has 8 heteroatoms. The quantitative estimate of drug-likeness (QED) is 0.534. The second kappa shape index (κ2) is 7.60. The molecule has 25 heavy (non-hydrogen) atoms. The molecule has 2 amide bonds. The summed E-state index contributed by atoms with van der Waals surface area (Å²) in [4.78, 5) is 25.2. The topological polar surface area (TPSA) is 46.6 Å². The van der Waals surface area contributed by atoms with Crippen molar-refractivity contribution in [2.45, 2.75) is 43.0 Å². The third kappa shape index (κ3) is 5.94. The summed E-state index contributed by atoms with van der Waals surface area (Å²) in [6.45, 7) is 4.94. The van der Waals surface area contributed by atoms with Crippen molar-refractivity contribution in [3.05, 3.63) is 30.3 Å². The molecule has 2 unspecified atom stereocenters. The molecule has 2 rings (SSSR count). The van der Waals surface area contributed by atoms with Gasteiger partial charge in [0.15, 0.2) is 0 Å². The number of ether oxygens (including phenoxy) is 1. The number of rotatable bonds is 4. The third-order valence-corrected chi connectivity index (χ3v) is 6.53. The maximum atomic E-state index is 13.3. The Morgan fingerprint density at radius 2 is 1.92 bits per heavy atom. The zero-order valence-corrected chi connectivity index (χ0v) is 16.6. The Hall–Kier alpha value is -1.17. The molecule has 4 nitrogen and oxygen atoms in total. The fourth-order valence-corrected chi connectivity index (χ4v) is 5.26. The van der Waals surface area contributed by atoms with Crippen LogP contribution in [0.3, 0.4) is 0 Å². The first-order chi connectivity index (χ1) is 11.5. The molecular weight excluding hydrogens is 419 g/mol. The van der Waals surface area contributed by atoms with Gasteiger partial charge >= 0.3 is 157 Å². The van der Waals surface area contributed by atoms with Crippen LogP contribution in [0.5, 0.6) is 0 Å². The number of amides is 2. The van der Waals surface area contributed by atoms with Gasteiger partial charge in [0.2, 0.25) is 0 Å². The molecule has 1 aliphatic heterocycles. The van der Waals surface area contributed by atoms with E-state index in [1.54, 1.807) is 20.8 Å². The van der Waals surface area contributed by atoms with E-state index >= 15 is 0 Å². The Morgan fingerprint density at radius 3 is 2.44 bits per heavy atom. The van der Waals surface area contributed by atoms with E-state index in [1.807, 2.05) is 30.3 Å². The molecule has 0 radical (unpaired) electrons. The van der Waals surface area contributed by atoms with Crippen LogP contribution in [-0.4, -0.2) is 49.4 Å². The molecule has 2 atom stereocenters. The second-order valence-corrected chi connectivity index (χ2v) is 9.96. The summed E-state index contributed by atoms with van der Waals surface area (Å²) in [6.07, 6.45) is -1.45. The first-order valence-corrected chi connectivity index (χ1v) is 10.0. The predicted octanol–water partition coefficient (Wildman–Crippen LogP) is 3.42. The van der Waals surface area contributed by atoms with Gasteiger partial charge in [0, 0.05) is 0 Å². The molecule has 1 aliphatic rings. The fraction of sp³-hybridized carbons (Fsp3) is 0.529. The van der Waals surface area contributed by atoms with Crippen molar-refractivity contribution in [2.24, 2.45) is 5.92 Å². The van der Waals surface area contributed by atoms with Crippen molar-refractivity contribution in [1.29, 1.82) is 0 Å².